The molecule has 0 N–H and O–H groups in total. The summed E-state index contributed by atoms with van der Waals surface area (Å²) in [7, 11) is 7.47. The van der Waals surface area contributed by atoms with Crippen molar-refractivity contribution < 1.29 is 28.5 Å². The first-order valence-corrected chi connectivity index (χ1v) is 11.7. The van der Waals surface area contributed by atoms with Crippen molar-refractivity contribution in [3.05, 3.63) is 78.5 Å². The highest BCUT2D eigenvalue weighted by Gasteiger charge is 2.33. The Labute approximate surface area is 211 Å². The van der Waals surface area contributed by atoms with Crippen molar-refractivity contribution in [2.45, 2.75) is 13.0 Å². The quantitative estimate of drug-likeness (QED) is 0.451. The van der Waals surface area contributed by atoms with E-state index in [1.165, 1.54) is 44.3 Å². The summed E-state index contributed by atoms with van der Waals surface area (Å²) in [5.41, 5.74) is 1.91. The van der Waals surface area contributed by atoms with E-state index in [0.717, 1.165) is 5.56 Å². The number of benzene rings is 2. The number of carbonyl (C=O) groups is 1. The van der Waals surface area contributed by atoms with Crippen LogP contribution in [0.15, 0.2) is 57.5 Å². The molecular formula is C26H26N2O7S. The maximum Gasteiger partial charge on any atom is 0.338 e. The smallest absolute Gasteiger partial charge is 0.338 e. The Balaban J connectivity index is 1.94. The first-order chi connectivity index (χ1) is 17.4. The second kappa shape index (κ2) is 10.3. The van der Waals surface area contributed by atoms with Gasteiger partial charge in [0.1, 0.15) is 5.75 Å². The van der Waals surface area contributed by atoms with Crippen LogP contribution in [0.2, 0.25) is 0 Å². The third-order valence-corrected chi connectivity index (χ3v) is 6.83. The van der Waals surface area contributed by atoms with E-state index >= 15 is 0 Å². The highest BCUT2D eigenvalue weighted by molar-refractivity contribution is 7.07. The van der Waals surface area contributed by atoms with Crippen LogP contribution < -0.4 is 33.8 Å². The maximum absolute atomic E-state index is 13.7. The molecule has 0 saturated carbocycles. The number of methoxy groups -OCH3 is 5. The molecule has 0 radical (unpaired) electrons. The SMILES string of the molecule is COC(=O)C1=C(C)N=c2s/c(=C/c3cc(OC)c(OC)c(OC)c3)c(=O)n2[C@H]1c1ccc(OC)cc1. The molecule has 0 spiro atoms. The van der Waals surface area contributed by atoms with Crippen LogP contribution in [-0.4, -0.2) is 46.1 Å². The lowest BCUT2D eigenvalue weighted by Gasteiger charge is -2.24. The van der Waals surface area contributed by atoms with E-state index in [1.807, 2.05) is 12.1 Å². The molecule has 1 aliphatic rings. The van der Waals surface area contributed by atoms with Gasteiger partial charge in [-0.25, -0.2) is 9.79 Å². The number of thiazole rings is 1. The van der Waals surface area contributed by atoms with Crippen LogP contribution in [0.5, 0.6) is 23.0 Å². The summed E-state index contributed by atoms with van der Waals surface area (Å²) in [6.45, 7) is 1.74. The Kier molecular flexibility index (Phi) is 7.16. The van der Waals surface area contributed by atoms with Gasteiger partial charge in [-0.3, -0.25) is 9.36 Å². The lowest BCUT2D eigenvalue weighted by molar-refractivity contribution is -0.136. The van der Waals surface area contributed by atoms with Crippen LogP contribution in [0.3, 0.4) is 0 Å². The number of ether oxygens (including phenoxy) is 5. The zero-order valence-corrected chi connectivity index (χ0v) is 21.6. The number of rotatable bonds is 7. The van der Waals surface area contributed by atoms with Gasteiger partial charge in [0.2, 0.25) is 5.75 Å². The van der Waals surface area contributed by atoms with E-state index in [2.05, 4.69) is 4.99 Å². The van der Waals surface area contributed by atoms with Gasteiger partial charge in [-0.2, -0.15) is 0 Å². The van der Waals surface area contributed by atoms with Crippen LogP contribution in [0.1, 0.15) is 24.1 Å². The Morgan fingerprint density at radius 3 is 2.14 bits per heavy atom. The molecule has 0 saturated heterocycles. The summed E-state index contributed by atoms with van der Waals surface area (Å²) < 4.78 is 28.5. The van der Waals surface area contributed by atoms with E-state index in [4.69, 9.17) is 23.7 Å². The standard InChI is InChI=1S/C26H26N2O7S/c1-14-21(25(30)35-6)22(16-7-9-17(31-2)10-8-16)28-24(29)20(36-26(28)27-14)13-15-11-18(32-3)23(34-5)19(12-15)33-4/h7-13,22H,1-6H3/b20-13+/t22-/m0/s1. The Bertz CT molecular complexity index is 1490. The van der Waals surface area contributed by atoms with E-state index in [1.54, 1.807) is 44.4 Å². The molecular weight excluding hydrogens is 484 g/mol. The zero-order valence-electron chi connectivity index (χ0n) is 20.8. The normalized spacial score (nSPS) is 15.2. The van der Waals surface area contributed by atoms with Crippen LogP contribution in [0.25, 0.3) is 6.08 Å². The number of fused-ring (bicyclic) bond motifs is 1. The van der Waals surface area contributed by atoms with Crippen molar-refractivity contribution in [2.75, 3.05) is 35.5 Å². The first kappa shape index (κ1) is 25.1. The van der Waals surface area contributed by atoms with Gasteiger partial charge in [0, 0.05) is 0 Å². The fourth-order valence-electron chi connectivity index (χ4n) is 4.13. The Hall–Kier alpha value is -4.05. The molecule has 2 heterocycles. The summed E-state index contributed by atoms with van der Waals surface area (Å²) in [5, 5.41) is 0. The fraction of sp³-hybridized carbons (Fsp3) is 0.269. The zero-order chi connectivity index (χ0) is 26.0. The Morgan fingerprint density at radius 1 is 0.972 bits per heavy atom. The number of hydrogen-bond acceptors (Lipinski definition) is 9. The summed E-state index contributed by atoms with van der Waals surface area (Å²) in [6.07, 6.45) is 1.73. The van der Waals surface area contributed by atoms with Crippen molar-refractivity contribution in [1.29, 1.82) is 0 Å². The highest BCUT2D eigenvalue weighted by atomic mass is 32.1. The molecule has 0 fully saturated rings. The number of esters is 1. The summed E-state index contributed by atoms with van der Waals surface area (Å²) in [4.78, 5) is 31.5. The van der Waals surface area contributed by atoms with Crippen LogP contribution in [0.4, 0.5) is 0 Å². The van der Waals surface area contributed by atoms with Gasteiger partial charge in [0.25, 0.3) is 5.56 Å². The van der Waals surface area contributed by atoms with Crippen molar-refractivity contribution in [1.82, 2.24) is 4.57 Å². The minimum absolute atomic E-state index is 0.290. The fourth-order valence-corrected chi connectivity index (χ4v) is 5.18. The van der Waals surface area contributed by atoms with Crippen LogP contribution in [-0.2, 0) is 9.53 Å². The van der Waals surface area contributed by atoms with Crippen LogP contribution >= 0.6 is 11.3 Å². The van der Waals surface area contributed by atoms with Crippen molar-refractivity contribution in [2.24, 2.45) is 4.99 Å². The number of nitrogens with zero attached hydrogens (tertiary/aromatic N) is 2. The topological polar surface area (TPSA) is 97.6 Å². The molecule has 1 atom stereocenters. The van der Waals surface area contributed by atoms with Gasteiger partial charge in [-0.1, -0.05) is 23.5 Å². The first-order valence-electron chi connectivity index (χ1n) is 10.9. The summed E-state index contributed by atoms with van der Waals surface area (Å²) >= 11 is 1.23. The average molecular weight is 511 g/mol. The largest absolute Gasteiger partial charge is 0.497 e. The third kappa shape index (κ3) is 4.35. The Morgan fingerprint density at radius 2 is 1.61 bits per heavy atom. The maximum atomic E-state index is 13.7. The van der Waals surface area contributed by atoms with Crippen molar-refractivity contribution in [3.63, 3.8) is 0 Å². The minimum Gasteiger partial charge on any atom is -0.497 e. The van der Waals surface area contributed by atoms with Gasteiger partial charge in [0.15, 0.2) is 16.3 Å². The van der Waals surface area contributed by atoms with Crippen molar-refractivity contribution >= 4 is 23.4 Å². The van der Waals surface area contributed by atoms with Gasteiger partial charge in [-0.15, -0.1) is 0 Å². The summed E-state index contributed by atoms with van der Waals surface area (Å²) in [5.74, 6) is 1.51. The predicted molar refractivity (Wildman–Crippen MR) is 135 cm³/mol. The van der Waals surface area contributed by atoms with E-state index < -0.39 is 12.0 Å². The van der Waals surface area contributed by atoms with Gasteiger partial charge in [0.05, 0.1) is 57.4 Å². The van der Waals surface area contributed by atoms with E-state index in [0.29, 0.717) is 49.2 Å². The monoisotopic (exact) mass is 510 g/mol. The molecule has 0 bridgehead atoms. The average Bonchev–Trinajstić information content (AvgIpc) is 3.20. The second-order valence-electron chi connectivity index (χ2n) is 7.81. The number of aromatic nitrogens is 1. The van der Waals surface area contributed by atoms with E-state index in [-0.39, 0.29) is 5.56 Å². The second-order valence-corrected chi connectivity index (χ2v) is 8.81. The molecule has 36 heavy (non-hydrogen) atoms. The molecule has 0 aliphatic carbocycles. The predicted octanol–water partition coefficient (Wildman–Crippen LogP) is 2.44. The molecule has 4 rings (SSSR count). The third-order valence-electron chi connectivity index (χ3n) is 5.84. The van der Waals surface area contributed by atoms with Gasteiger partial charge in [-0.05, 0) is 48.4 Å². The van der Waals surface area contributed by atoms with Gasteiger partial charge < -0.3 is 23.7 Å². The molecule has 1 aromatic heterocycles. The molecule has 2 aromatic carbocycles. The molecule has 10 heteroatoms. The number of hydrogen-bond donors (Lipinski definition) is 0. The number of allylic oxidation sites excluding steroid dienone is 1. The molecule has 1 aliphatic heterocycles. The van der Waals surface area contributed by atoms with Crippen molar-refractivity contribution in [3.8, 4) is 23.0 Å². The molecule has 188 valence electrons. The van der Waals surface area contributed by atoms with Crippen LogP contribution in [0, 0.1) is 0 Å². The molecule has 3 aromatic rings. The number of carbonyl (C=O) groups excluding carboxylic acids is 1. The molecule has 9 nitrogen and oxygen atoms in total. The van der Waals surface area contributed by atoms with Gasteiger partial charge >= 0.3 is 5.97 Å². The summed E-state index contributed by atoms with van der Waals surface area (Å²) in [6, 6.07) is 10.0. The van der Waals surface area contributed by atoms with E-state index in [9.17, 15) is 9.59 Å². The molecule has 0 amide bonds. The highest BCUT2D eigenvalue weighted by Crippen LogP contribution is 2.38. The lowest BCUT2D eigenvalue weighted by Crippen LogP contribution is -2.39. The minimum atomic E-state index is -0.707. The molecule has 0 unspecified atom stereocenters. The lowest BCUT2D eigenvalue weighted by atomic mass is 9.96.